The van der Waals surface area contributed by atoms with Crippen molar-refractivity contribution in [2.75, 3.05) is 31.2 Å². The quantitative estimate of drug-likeness (QED) is 0.621. The van der Waals surface area contributed by atoms with Gasteiger partial charge in [-0.2, -0.15) is 11.3 Å². The Morgan fingerprint density at radius 1 is 1.17 bits per heavy atom. The summed E-state index contributed by atoms with van der Waals surface area (Å²) in [5, 5.41) is 7.84. The fourth-order valence-electron chi connectivity index (χ4n) is 3.57. The second kappa shape index (κ2) is 9.48. The van der Waals surface area contributed by atoms with E-state index in [1.165, 1.54) is 5.56 Å². The smallest absolute Gasteiger partial charge is 0.146 e. The number of ether oxygens (including phenoxy) is 1. The van der Waals surface area contributed by atoms with Gasteiger partial charge in [0.05, 0.1) is 30.6 Å². The van der Waals surface area contributed by atoms with Crippen LogP contribution in [0.1, 0.15) is 28.4 Å². The Balaban J connectivity index is 1.46. The predicted molar refractivity (Wildman–Crippen MR) is 116 cm³/mol. The molecular weight excluding hydrogens is 385 g/mol. The lowest BCUT2D eigenvalue weighted by atomic mass is 10.0. The lowest BCUT2D eigenvalue weighted by molar-refractivity contribution is 0.122. The number of morpholine rings is 1. The fraction of sp³-hybridized carbons (Fsp3) is 0.348. The Morgan fingerprint density at radius 3 is 2.72 bits per heavy atom. The minimum atomic E-state index is -0.172. The van der Waals surface area contributed by atoms with Crippen molar-refractivity contribution in [1.82, 2.24) is 10.3 Å². The van der Waals surface area contributed by atoms with E-state index in [1.807, 2.05) is 30.2 Å². The van der Waals surface area contributed by atoms with Crippen LogP contribution < -0.4 is 10.2 Å². The van der Waals surface area contributed by atoms with E-state index >= 15 is 0 Å². The van der Waals surface area contributed by atoms with Gasteiger partial charge in [-0.15, -0.1) is 0 Å². The predicted octanol–water partition coefficient (Wildman–Crippen LogP) is 4.50. The van der Waals surface area contributed by atoms with Crippen LogP contribution in [0.15, 0.2) is 53.4 Å². The molecule has 4 nitrogen and oxygen atoms in total. The zero-order valence-electron chi connectivity index (χ0n) is 16.6. The molecule has 1 aliphatic heterocycles. The fourth-order valence-corrected chi connectivity index (χ4v) is 4.25. The molecule has 3 aromatic rings. The number of rotatable bonds is 7. The maximum absolute atomic E-state index is 14.7. The minimum absolute atomic E-state index is 0.0761. The maximum Gasteiger partial charge on any atom is 0.146 e. The molecule has 0 radical (unpaired) electrons. The summed E-state index contributed by atoms with van der Waals surface area (Å²) >= 11 is 1.70. The second-order valence-electron chi connectivity index (χ2n) is 7.41. The summed E-state index contributed by atoms with van der Waals surface area (Å²) < 4.78 is 20.1. The van der Waals surface area contributed by atoms with Crippen LogP contribution in [0.25, 0.3) is 0 Å². The number of nitrogens with one attached hydrogen (secondary N) is 1. The van der Waals surface area contributed by atoms with E-state index in [0.717, 1.165) is 36.3 Å². The first kappa shape index (κ1) is 20.0. The Morgan fingerprint density at radius 2 is 2.03 bits per heavy atom. The average Bonchev–Trinajstić information content (AvgIpc) is 3.26. The van der Waals surface area contributed by atoms with E-state index in [2.05, 4.69) is 39.3 Å². The molecule has 0 spiro atoms. The van der Waals surface area contributed by atoms with Gasteiger partial charge >= 0.3 is 0 Å². The van der Waals surface area contributed by atoms with Gasteiger partial charge in [0.1, 0.15) is 5.82 Å². The Bertz CT molecular complexity index is 908. The van der Waals surface area contributed by atoms with E-state index in [4.69, 9.17) is 4.74 Å². The lowest BCUT2D eigenvalue weighted by Gasteiger charge is -2.29. The number of halogens is 1. The number of aryl methyl sites for hydroxylation is 1. The number of hydrogen-bond donors (Lipinski definition) is 1. The number of thiophene rings is 1. The van der Waals surface area contributed by atoms with Crippen molar-refractivity contribution in [2.24, 2.45) is 0 Å². The van der Waals surface area contributed by atoms with E-state index in [1.54, 1.807) is 17.4 Å². The van der Waals surface area contributed by atoms with Crippen molar-refractivity contribution in [3.63, 3.8) is 0 Å². The molecule has 1 N–H and O–H groups in total. The topological polar surface area (TPSA) is 37.4 Å². The molecule has 0 bridgehead atoms. The summed E-state index contributed by atoms with van der Waals surface area (Å²) in [5.41, 5.74) is 5.02. The maximum atomic E-state index is 14.7. The molecule has 1 saturated heterocycles. The summed E-state index contributed by atoms with van der Waals surface area (Å²) in [6, 6.07) is 11.9. The monoisotopic (exact) mass is 411 g/mol. The standard InChI is InChI=1S/C23H26FN3OS/c1-17-2-4-21(25-14-17)22(13-19-6-11-29-16-19)26-15-18-3-5-23(20(24)12-18)27-7-9-28-10-8-27/h2-6,11-12,14,16,22,26H,7-10,13,15H2,1H3. The van der Waals surface area contributed by atoms with Gasteiger partial charge in [0, 0.05) is 25.8 Å². The number of nitrogens with zero attached hydrogens (tertiary/aromatic N) is 2. The van der Waals surface area contributed by atoms with Crippen LogP contribution in [0.3, 0.4) is 0 Å². The average molecular weight is 412 g/mol. The summed E-state index contributed by atoms with van der Waals surface area (Å²) in [6.07, 6.45) is 2.75. The second-order valence-corrected chi connectivity index (χ2v) is 8.19. The first-order valence-electron chi connectivity index (χ1n) is 9.97. The van der Waals surface area contributed by atoms with Gasteiger partial charge in [0.15, 0.2) is 0 Å². The van der Waals surface area contributed by atoms with Gasteiger partial charge in [0.2, 0.25) is 0 Å². The molecule has 1 atom stereocenters. The molecule has 152 valence electrons. The van der Waals surface area contributed by atoms with Crippen LogP contribution in [-0.4, -0.2) is 31.3 Å². The molecule has 1 unspecified atom stereocenters. The largest absolute Gasteiger partial charge is 0.378 e. The molecule has 2 aromatic heterocycles. The van der Waals surface area contributed by atoms with Crippen molar-refractivity contribution in [3.05, 3.63) is 81.6 Å². The third-order valence-corrected chi connectivity index (χ3v) is 5.96. The van der Waals surface area contributed by atoms with Gasteiger partial charge in [-0.1, -0.05) is 12.1 Å². The summed E-state index contributed by atoms with van der Waals surface area (Å²) in [6.45, 7) is 5.39. The number of hydrogen-bond acceptors (Lipinski definition) is 5. The highest BCUT2D eigenvalue weighted by molar-refractivity contribution is 7.07. The lowest BCUT2D eigenvalue weighted by Crippen LogP contribution is -2.36. The Hall–Kier alpha value is -2.28. The highest BCUT2D eigenvalue weighted by Gasteiger charge is 2.17. The third kappa shape index (κ3) is 5.21. The molecule has 1 aromatic carbocycles. The van der Waals surface area contributed by atoms with E-state index in [0.29, 0.717) is 25.4 Å². The Labute approximate surface area is 175 Å². The molecule has 0 aliphatic carbocycles. The summed E-state index contributed by atoms with van der Waals surface area (Å²) in [5.74, 6) is -0.172. The van der Waals surface area contributed by atoms with Crippen molar-refractivity contribution in [3.8, 4) is 0 Å². The number of pyridine rings is 1. The van der Waals surface area contributed by atoms with E-state index in [9.17, 15) is 4.39 Å². The van der Waals surface area contributed by atoms with Crippen LogP contribution in [0.5, 0.6) is 0 Å². The molecule has 4 rings (SSSR count). The SMILES string of the molecule is Cc1ccc(C(Cc2ccsc2)NCc2ccc(N3CCOCC3)c(F)c2)nc1. The molecule has 6 heteroatoms. The van der Waals surface area contributed by atoms with Gasteiger partial charge in [0.25, 0.3) is 0 Å². The van der Waals surface area contributed by atoms with Gasteiger partial charge in [-0.05, 0) is 65.1 Å². The molecule has 0 amide bonds. The van der Waals surface area contributed by atoms with Crippen molar-refractivity contribution >= 4 is 17.0 Å². The molecule has 1 aliphatic rings. The first-order valence-corrected chi connectivity index (χ1v) is 10.9. The van der Waals surface area contributed by atoms with E-state index in [-0.39, 0.29) is 11.9 Å². The summed E-state index contributed by atoms with van der Waals surface area (Å²) in [4.78, 5) is 6.66. The van der Waals surface area contributed by atoms with Crippen molar-refractivity contribution in [1.29, 1.82) is 0 Å². The van der Waals surface area contributed by atoms with Crippen LogP contribution in [-0.2, 0) is 17.7 Å². The third-order valence-electron chi connectivity index (χ3n) is 5.23. The summed E-state index contributed by atoms with van der Waals surface area (Å²) in [7, 11) is 0. The molecule has 0 saturated carbocycles. The Kier molecular flexibility index (Phi) is 6.54. The zero-order chi connectivity index (χ0) is 20.1. The molecule has 3 heterocycles. The van der Waals surface area contributed by atoms with Gasteiger partial charge in [-0.25, -0.2) is 4.39 Å². The first-order chi connectivity index (χ1) is 14.2. The van der Waals surface area contributed by atoms with Crippen molar-refractivity contribution in [2.45, 2.75) is 25.9 Å². The normalized spacial score (nSPS) is 15.4. The van der Waals surface area contributed by atoms with Crippen LogP contribution in [0, 0.1) is 12.7 Å². The van der Waals surface area contributed by atoms with Crippen LogP contribution >= 0.6 is 11.3 Å². The van der Waals surface area contributed by atoms with E-state index < -0.39 is 0 Å². The number of anilines is 1. The number of aromatic nitrogens is 1. The zero-order valence-corrected chi connectivity index (χ0v) is 17.4. The molecular formula is C23H26FN3OS. The van der Waals surface area contributed by atoms with Crippen molar-refractivity contribution < 1.29 is 9.13 Å². The molecule has 29 heavy (non-hydrogen) atoms. The molecule has 1 fully saturated rings. The highest BCUT2D eigenvalue weighted by atomic mass is 32.1. The van der Waals surface area contributed by atoms with Gasteiger partial charge in [-0.3, -0.25) is 4.98 Å². The van der Waals surface area contributed by atoms with Gasteiger partial charge < -0.3 is 15.0 Å². The van der Waals surface area contributed by atoms with Crippen LogP contribution in [0.2, 0.25) is 0 Å². The number of benzene rings is 1. The highest BCUT2D eigenvalue weighted by Crippen LogP contribution is 2.23. The minimum Gasteiger partial charge on any atom is -0.378 e. The van der Waals surface area contributed by atoms with Crippen LogP contribution in [0.4, 0.5) is 10.1 Å².